The summed E-state index contributed by atoms with van der Waals surface area (Å²) in [6, 6.07) is 10.1. The molecule has 1 aromatic heterocycles. The molecule has 0 bridgehead atoms. The molecule has 0 fully saturated rings. The molecular weight excluding hydrogens is 490 g/mol. The minimum absolute atomic E-state index is 0.00487. The van der Waals surface area contributed by atoms with Gasteiger partial charge in [0.2, 0.25) is 0 Å². The Bertz CT molecular complexity index is 1570. The summed E-state index contributed by atoms with van der Waals surface area (Å²) in [5, 5.41) is 0. The average Bonchev–Trinajstić information content (AvgIpc) is 3.15. The second kappa shape index (κ2) is 10.3. The maximum atomic E-state index is 15.0. The highest BCUT2D eigenvalue weighted by atomic mass is 32.1. The number of fused-ring (bicyclic) bond motifs is 1. The fourth-order valence-corrected chi connectivity index (χ4v) is 5.15. The molecule has 36 heavy (non-hydrogen) atoms. The standard InChI is InChI=1S/C26H22F2N2O5S/c1-3-34-25(32)19-21(29)20(26(33)35-4-2)24-30(22(19)15-10-6-8-12-17(15)28)23(31)18(36-24)13-14-9-5-7-11-16(14)27/h5-13,22H,3-4,29H2,1-2H3/b18-13+/t22-/m0/s1. The van der Waals surface area contributed by atoms with Crippen molar-refractivity contribution in [3.05, 3.63) is 102 Å². The van der Waals surface area contributed by atoms with Gasteiger partial charge in [-0.3, -0.25) is 9.36 Å². The summed E-state index contributed by atoms with van der Waals surface area (Å²) in [5.41, 5.74) is 5.04. The molecule has 0 aliphatic carbocycles. The number of nitrogens with two attached hydrogens (primary N) is 1. The Morgan fingerprint density at radius 2 is 1.61 bits per heavy atom. The van der Waals surface area contributed by atoms with Crippen LogP contribution in [0.25, 0.3) is 11.6 Å². The van der Waals surface area contributed by atoms with E-state index in [1.807, 2.05) is 0 Å². The summed E-state index contributed by atoms with van der Waals surface area (Å²) in [5.74, 6) is -3.02. The number of carbonyl (C=O) groups is 2. The van der Waals surface area contributed by atoms with Crippen LogP contribution in [0.1, 0.15) is 31.0 Å². The number of benzene rings is 2. The van der Waals surface area contributed by atoms with E-state index in [1.54, 1.807) is 26.0 Å². The number of thiazole rings is 1. The van der Waals surface area contributed by atoms with Crippen LogP contribution in [-0.4, -0.2) is 29.7 Å². The topological polar surface area (TPSA) is 101 Å². The monoisotopic (exact) mass is 512 g/mol. The first-order valence-corrected chi connectivity index (χ1v) is 11.9. The van der Waals surface area contributed by atoms with Crippen molar-refractivity contribution < 1.29 is 27.8 Å². The van der Waals surface area contributed by atoms with E-state index in [1.165, 1.54) is 42.5 Å². The van der Waals surface area contributed by atoms with Crippen molar-refractivity contribution >= 4 is 34.9 Å². The van der Waals surface area contributed by atoms with Gasteiger partial charge in [-0.1, -0.05) is 36.4 Å². The van der Waals surface area contributed by atoms with Crippen molar-refractivity contribution in [2.75, 3.05) is 13.2 Å². The van der Waals surface area contributed by atoms with Gasteiger partial charge in [-0.15, -0.1) is 11.3 Å². The van der Waals surface area contributed by atoms with Gasteiger partial charge in [-0.05, 0) is 32.1 Å². The lowest BCUT2D eigenvalue weighted by Crippen LogP contribution is -2.44. The molecule has 0 spiro atoms. The number of aromatic nitrogens is 1. The van der Waals surface area contributed by atoms with Crippen LogP contribution in [0.4, 0.5) is 8.78 Å². The number of rotatable bonds is 6. The number of carbonyl (C=O) groups excluding carboxylic acids is 2. The molecule has 0 unspecified atom stereocenters. The van der Waals surface area contributed by atoms with E-state index in [0.29, 0.717) is 0 Å². The molecule has 1 aliphatic heterocycles. The molecule has 10 heteroatoms. The predicted octanol–water partition coefficient (Wildman–Crippen LogP) is 2.11. The van der Waals surface area contributed by atoms with Crippen molar-refractivity contribution in [2.24, 2.45) is 5.73 Å². The van der Waals surface area contributed by atoms with Gasteiger partial charge >= 0.3 is 11.9 Å². The average molecular weight is 513 g/mol. The van der Waals surface area contributed by atoms with Crippen molar-refractivity contribution in [3.8, 4) is 0 Å². The van der Waals surface area contributed by atoms with Gasteiger partial charge in [0.05, 0.1) is 29.0 Å². The van der Waals surface area contributed by atoms with Gasteiger partial charge in [0.15, 0.2) is 0 Å². The molecule has 2 aromatic carbocycles. The molecule has 3 aromatic rings. The SMILES string of the molecule is CCOC(=O)C1=C(N)C(C(=O)OCC)=c2s/c(=C/c3ccccc3F)c(=O)n2[C@H]1c1ccccc1F. The lowest BCUT2D eigenvalue weighted by molar-refractivity contribution is -0.139. The molecule has 7 nitrogen and oxygen atoms in total. The molecule has 186 valence electrons. The second-order valence-corrected chi connectivity index (χ2v) is 8.71. The van der Waals surface area contributed by atoms with Gasteiger partial charge in [0.25, 0.3) is 5.56 Å². The second-order valence-electron chi connectivity index (χ2n) is 7.68. The molecule has 0 saturated carbocycles. The molecular formula is C26H22F2N2O5S. The van der Waals surface area contributed by atoms with Gasteiger partial charge in [-0.2, -0.15) is 0 Å². The maximum absolute atomic E-state index is 15.0. The number of nitrogens with zero attached hydrogens (tertiary/aromatic N) is 1. The highest BCUT2D eigenvalue weighted by Gasteiger charge is 2.39. The molecule has 0 amide bonds. The van der Waals surface area contributed by atoms with E-state index >= 15 is 4.39 Å². The molecule has 1 aliphatic rings. The van der Waals surface area contributed by atoms with Crippen molar-refractivity contribution in [3.63, 3.8) is 0 Å². The minimum Gasteiger partial charge on any atom is -0.463 e. The van der Waals surface area contributed by atoms with Crippen molar-refractivity contribution in [1.82, 2.24) is 4.57 Å². The van der Waals surface area contributed by atoms with Crippen LogP contribution in [0, 0.1) is 11.6 Å². The quantitative estimate of drug-likeness (QED) is 0.508. The summed E-state index contributed by atoms with van der Waals surface area (Å²) < 4.78 is 40.9. The molecule has 2 heterocycles. The van der Waals surface area contributed by atoms with Gasteiger partial charge in [0.1, 0.15) is 27.9 Å². The molecule has 2 N–H and O–H groups in total. The summed E-state index contributed by atoms with van der Waals surface area (Å²) in [6.45, 7) is 3.15. The third-order valence-corrected chi connectivity index (χ3v) is 6.63. The van der Waals surface area contributed by atoms with Crippen molar-refractivity contribution in [1.29, 1.82) is 0 Å². The van der Waals surface area contributed by atoms with Gasteiger partial charge in [0, 0.05) is 11.1 Å². The van der Waals surface area contributed by atoms with Crippen LogP contribution in [0.15, 0.2) is 64.6 Å². The van der Waals surface area contributed by atoms with Crippen LogP contribution >= 0.6 is 11.3 Å². The Hall–Kier alpha value is -4.05. The predicted molar refractivity (Wildman–Crippen MR) is 130 cm³/mol. The largest absolute Gasteiger partial charge is 0.463 e. The zero-order valence-corrected chi connectivity index (χ0v) is 20.2. The molecule has 4 rings (SSSR count). The summed E-state index contributed by atoms with van der Waals surface area (Å²) in [7, 11) is 0. The van der Waals surface area contributed by atoms with Crippen LogP contribution < -0.4 is 20.5 Å². The molecule has 0 radical (unpaired) electrons. The summed E-state index contributed by atoms with van der Waals surface area (Å²) >= 11 is 0.865. The van der Waals surface area contributed by atoms with E-state index in [-0.39, 0.29) is 50.4 Å². The van der Waals surface area contributed by atoms with Gasteiger partial charge < -0.3 is 15.2 Å². The number of hydrogen-bond acceptors (Lipinski definition) is 7. The Balaban J connectivity index is 2.15. The zero-order valence-electron chi connectivity index (χ0n) is 19.4. The smallest absolute Gasteiger partial charge is 0.343 e. The number of halogens is 2. The Morgan fingerprint density at radius 3 is 2.25 bits per heavy atom. The number of hydrogen-bond donors (Lipinski definition) is 1. The van der Waals surface area contributed by atoms with E-state index in [0.717, 1.165) is 15.9 Å². The third kappa shape index (κ3) is 4.35. The Labute approximate surface area is 208 Å². The number of esters is 2. The van der Waals surface area contributed by atoms with Crippen molar-refractivity contribution in [2.45, 2.75) is 19.9 Å². The lowest BCUT2D eigenvalue weighted by atomic mass is 9.91. The van der Waals surface area contributed by atoms with E-state index in [9.17, 15) is 18.8 Å². The highest BCUT2D eigenvalue weighted by molar-refractivity contribution is 7.07. The normalized spacial score (nSPS) is 15.6. The zero-order chi connectivity index (χ0) is 26.0. The van der Waals surface area contributed by atoms with Crippen LogP contribution in [0.3, 0.4) is 0 Å². The highest BCUT2D eigenvalue weighted by Crippen LogP contribution is 2.33. The minimum atomic E-state index is -1.33. The fourth-order valence-electron chi connectivity index (χ4n) is 3.99. The first-order chi connectivity index (χ1) is 17.3. The van der Waals surface area contributed by atoms with Crippen LogP contribution in [0.5, 0.6) is 0 Å². The van der Waals surface area contributed by atoms with Crippen LogP contribution in [0.2, 0.25) is 0 Å². The number of ether oxygens (including phenoxy) is 2. The van der Waals surface area contributed by atoms with Gasteiger partial charge in [-0.25, -0.2) is 18.4 Å². The summed E-state index contributed by atoms with van der Waals surface area (Å²) in [4.78, 5) is 39.7. The molecule has 0 saturated heterocycles. The maximum Gasteiger partial charge on any atom is 0.343 e. The Morgan fingerprint density at radius 1 is 1.00 bits per heavy atom. The van der Waals surface area contributed by atoms with E-state index in [2.05, 4.69) is 0 Å². The summed E-state index contributed by atoms with van der Waals surface area (Å²) in [6.07, 6.45) is 1.33. The third-order valence-electron chi connectivity index (χ3n) is 5.53. The molecule has 1 atom stereocenters. The first-order valence-electron chi connectivity index (χ1n) is 11.1. The van der Waals surface area contributed by atoms with E-state index in [4.69, 9.17) is 15.2 Å². The fraction of sp³-hybridized carbons (Fsp3) is 0.192. The van der Waals surface area contributed by atoms with E-state index < -0.39 is 35.2 Å². The Kier molecular flexibility index (Phi) is 7.16. The lowest BCUT2D eigenvalue weighted by Gasteiger charge is -2.27. The van der Waals surface area contributed by atoms with Crippen LogP contribution in [-0.2, 0) is 19.1 Å². The first kappa shape index (κ1) is 25.1.